The van der Waals surface area contributed by atoms with Gasteiger partial charge >= 0.3 is 12.0 Å². The van der Waals surface area contributed by atoms with Crippen LogP contribution >= 0.6 is 0 Å². The molecule has 3 fully saturated rings. The highest BCUT2D eigenvalue weighted by Crippen LogP contribution is 2.39. The summed E-state index contributed by atoms with van der Waals surface area (Å²) in [7, 11) is -1.56. The quantitative estimate of drug-likeness (QED) is 0.470. The number of ether oxygens (including phenoxy) is 1. The molecule has 1 N–H and O–H groups in total. The molecule has 10 nitrogen and oxygen atoms in total. The zero-order valence-electron chi connectivity index (χ0n) is 15.8. The Kier molecular flexibility index (Phi) is 5.64. The van der Waals surface area contributed by atoms with E-state index in [-0.39, 0.29) is 11.5 Å². The van der Waals surface area contributed by atoms with E-state index in [9.17, 15) is 27.6 Å². The Morgan fingerprint density at radius 1 is 1.21 bits per heavy atom. The molecule has 2 saturated heterocycles. The van der Waals surface area contributed by atoms with Gasteiger partial charge in [0.1, 0.15) is 12.1 Å². The lowest BCUT2D eigenvalue weighted by Gasteiger charge is -2.35. The van der Waals surface area contributed by atoms with Gasteiger partial charge in [-0.3, -0.25) is 19.3 Å². The number of likely N-dealkylation sites (N-methyl/N-ethyl adjacent to an activating group) is 1. The zero-order chi connectivity index (χ0) is 20.5. The molecule has 3 aliphatic rings. The summed E-state index contributed by atoms with van der Waals surface area (Å²) in [6.07, 6.45) is 4.18. The standard InChI is InChI=1S/C17H25N3O7S/c1-19-16(24)20(15(23)17(19)6-3-2-4-7-17)9-14(22)27-10-13(21)18-12-5-8-28(25,26)11-12/h12H,2-11H2,1H3,(H,18,21). The van der Waals surface area contributed by atoms with Crippen LogP contribution in [0, 0.1) is 0 Å². The summed E-state index contributed by atoms with van der Waals surface area (Å²) in [5, 5.41) is 2.50. The monoisotopic (exact) mass is 415 g/mol. The van der Waals surface area contributed by atoms with Crippen molar-refractivity contribution in [1.29, 1.82) is 0 Å². The predicted molar refractivity (Wildman–Crippen MR) is 96.8 cm³/mol. The van der Waals surface area contributed by atoms with Gasteiger partial charge in [-0.2, -0.15) is 0 Å². The average Bonchev–Trinajstić information content (AvgIpc) is 3.07. The van der Waals surface area contributed by atoms with E-state index in [0.29, 0.717) is 19.3 Å². The highest BCUT2D eigenvalue weighted by atomic mass is 32.2. The fraction of sp³-hybridized carbons (Fsp3) is 0.765. The van der Waals surface area contributed by atoms with E-state index in [1.165, 1.54) is 4.90 Å². The van der Waals surface area contributed by atoms with Crippen LogP contribution < -0.4 is 5.32 Å². The average molecular weight is 415 g/mol. The Morgan fingerprint density at radius 2 is 1.89 bits per heavy atom. The van der Waals surface area contributed by atoms with Crippen molar-refractivity contribution in [3.8, 4) is 0 Å². The summed E-state index contributed by atoms with van der Waals surface area (Å²) in [6, 6.07) is -1.03. The molecule has 0 aromatic rings. The van der Waals surface area contributed by atoms with Gasteiger partial charge in [-0.15, -0.1) is 0 Å². The maximum atomic E-state index is 12.8. The van der Waals surface area contributed by atoms with Crippen molar-refractivity contribution in [1.82, 2.24) is 15.1 Å². The van der Waals surface area contributed by atoms with Crippen molar-refractivity contribution in [3.63, 3.8) is 0 Å². The van der Waals surface area contributed by atoms with E-state index < -0.39 is 58.4 Å². The minimum atomic E-state index is -3.13. The first-order valence-electron chi connectivity index (χ1n) is 9.40. The zero-order valence-corrected chi connectivity index (χ0v) is 16.6. The van der Waals surface area contributed by atoms with E-state index >= 15 is 0 Å². The first kappa shape index (κ1) is 20.6. The van der Waals surface area contributed by atoms with Crippen LogP contribution in [0.25, 0.3) is 0 Å². The van der Waals surface area contributed by atoms with Gasteiger partial charge in [0.05, 0.1) is 11.5 Å². The van der Waals surface area contributed by atoms with Crippen molar-refractivity contribution in [3.05, 3.63) is 0 Å². The maximum Gasteiger partial charge on any atom is 0.327 e. The van der Waals surface area contributed by atoms with Gasteiger partial charge in [0.25, 0.3) is 11.8 Å². The largest absolute Gasteiger partial charge is 0.454 e. The molecule has 0 aromatic carbocycles. The SMILES string of the molecule is CN1C(=O)N(CC(=O)OCC(=O)NC2CCS(=O)(=O)C2)C(=O)C12CCCCC2. The predicted octanol–water partition coefficient (Wildman–Crippen LogP) is -0.570. The molecule has 2 aliphatic heterocycles. The lowest BCUT2D eigenvalue weighted by molar-refractivity contribution is -0.151. The second-order valence-electron chi connectivity index (χ2n) is 7.65. The molecule has 0 radical (unpaired) electrons. The third-order valence-corrected chi connectivity index (χ3v) is 7.50. The van der Waals surface area contributed by atoms with Crippen LogP contribution in [0.3, 0.4) is 0 Å². The van der Waals surface area contributed by atoms with Crippen LogP contribution in [0.4, 0.5) is 4.79 Å². The Labute approximate surface area is 163 Å². The molecule has 0 bridgehead atoms. The fourth-order valence-electron chi connectivity index (χ4n) is 4.17. The van der Waals surface area contributed by atoms with E-state index in [4.69, 9.17) is 4.74 Å². The van der Waals surface area contributed by atoms with Crippen LogP contribution in [0.15, 0.2) is 0 Å². The third-order valence-electron chi connectivity index (χ3n) is 5.73. The van der Waals surface area contributed by atoms with Crippen LogP contribution in [0.5, 0.6) is 0 Å². The lowest BCUT2D eigenvalue weighted by atomic mass is 9.81. The Bertz CT molecular complexity index is 789. The molecule has 1 spiro atoms. The molecule has 1 saturated carbocycles. The maximum absolute atomic E-state index is 12.8. The number of amides is 4. The van der Waals surface area contributed by atoms with Crippen molar-refractivity contribution < 1.29 is 32.3 Å². The number of rotatable bonds is 5. The van der Waals surface area contributed by atoms with E-state index in [1.54, 1.807) is 7.05 Å². The fourth-order valence-corrected chi connectivity index (χ4v) is 5.84. The molecule has 0 aromatic heterocycles. The van der Waals surface area contributed by atoms with Gasteiger partial charge in [-0.25, -0.2) is 13.2 Å². The van der Waals surface area contributed by atoms with Crippen LogP contribution in [-0.2, 0) is 29.0 Å². The summed E-state index contributed by atoms with van der Waals surface area (Å²) in [4.78, 5) is 51.4. The highest BCUT2D eigenvalue weighted by Gasteiger charge is 2.56. The second kappa shape index (κ2) is 7.69. The first-order chi connectivity index (χ1) is 13.1. The van der Waals surface area contributed by atoms with Gasteiger partial charge < -0.3 is 15.0 Å². The van der Waals surface area contributed by atoms with Crippen LogP contribution in [0.2, 0.25) is 0 Å². The second-order valence-corrected chi connectivity index (χ2v) is 9.88. The van der Waals surface area contributed by atoms with Crippen LogP contribution in [0.1, 0.15) is 38.5 Å². The van der Waals surface area contributed by atoms with Gasteiger partial charge in [-0.05, 0) is 19.3 Å². The smallest absolute Gasteiger partial charge is 0.327 e. The molecule has 1 unspecified atom stereocenters. The number of hydrogen-bond donors (Lipinski definition) is 1. The Balaban J connectivity index is 1.50. The highest BCUT2D eigenvalue weighted by molar-refractivity contribution is 7.91. The van der Waals surface area contributed by atoms with E-state index in [0.717, 1.165) is 24.2 Å². The molecule has 1 atom stereocenters. The summed E-state index contributed by atoms with van der Waals surface area (Å²) >= 11 is 0. The third kappa shape index (κ3) is 3.98. The molecular weight excluding hydrogens is 390 g/mol. The molecule has 156 valence electrons. The summed E-state index contributed by atoms with van der Waals surface area (Å²) in [5.74, 6) is -1.98. The Morgan fingerprint density at radius 3 is 2.50 bits per heavy atom. The van der Waals surface area contributed by atoms with Gasteiger partial charge in [0, 0.05) is 13.1 Å². The minimum absolute atomic E-state index is 0.0200. The number of nitrogens with one attached hydrogen (secondary N) is 1. The molecule has 3 rings (SSSR count). The summed E-state index contributed by atoms with van der Waals surface area (Å²) < 4.78 is 27.6. The molecule has 4 amide bonds. The number of carbonyl (C=O) groups excluding carboxylic acids is 4. The Hall–Kier alpha value is -2.17. The first-order valence-corrected chi connectivity index (χ1v) is 11.2. The lowest BCUT2D eigenvalue weighted by Crippen LogP contribution is -2.49. The summed E-state index contributed by atoms with van der Waals surface area (Å²) in [6.45, 7) is -1.14. The summed E-state index contributed by atoms with van der Waals surface area (Å²) in [5.41, 5.74) is -0.874. The van der Waals surface area contributed by atoms with Crippen molar-refractivity contribution in [2.45, 2.75) is 50.1 Å². The van der Waals surface area contributed by atoms with Crippen LogP contribution in [-0.4, -0.2) is 85.3 Å². The van der Waals surface area contributed by atoms with E-state index in [2.05, 4.69) is 5.32 Å². The topological polar surface area (TPSA) is 130 Å². The normalized spacial score (nSPS) is 26.0. The van der Waals surface area contributed by atoms with E-state index in [1.807, 2.05) is 0 Å². The van der Waals surface area contributed by atoms with Crippen molar-refractivity contribution in [2.75, 3.05) is 31.7 Å². The van der Waals surface area contributed by atoms with Gasteiger partial charge in [0.2, 0.25) is 0 Å². The number of urea groups is 1. The number of esters is 1. The number of carbonyl (C=O) groups is 4. The van der Waals surface area contributed by atoms with Crippen molar-refractivity contribution in [2.24, 2.45) is 0 Å². The van der Waals surface area contributed by atoms with Gasteiger partial charge in [-0.1, -0.05) is 19.3 Å². The number of imide groups is 1. The molecular formula is C17H25N3O7S. The molecule has 11 heteroatoms. The molecule has 28 heavy (non-hydrogen) atoms. The molecule has 1 aliphatic carbocycles. The number of sulfone groups is 1. The number of hydrogen-bond acceptors (Lipinski definition) is 7. The molecule has 2 heterocycles. The minimum Gasteiger partial charge on any atom is -0.454 e. The van der Waals surface area contributed by atoms with Gasteiger partial charge in [0.15, 0.2) is 16.4 Å². The number of nitrogens with zero attached hydrogens (tertiary/aromatic N) is 2. The van der Waals surface area contributed by atoms with Crippen molar-refractivity contribution >= 4 is 33.7 Å².